The maximum atomic E-state index is 13.7. The van der Waals surface area contributed by atoms with Gasteiger partial charge >= 0.3 is 6.18 Å². The molecule has 0 aliphatic carbocycles. The number of aromatic nitrogens is 1. The predicted molar refractivity (Wildman–Crippen MR) is 157 cm³/mol. The van der Waals surface area contributed by atoms with Crippen LogP contribution in [0.1, 0.15) is 72.8 Å². The van der Waals surface area contributed by atoms with E-state index < -0.39 is 17.6 Å². The maximum Gasteiger partial charge on any atom is 0.416 e. The minimum absolute atomic E-state index is 0.0131. The van der Waals surface area contributed by atoms with Crippen LogP contribution in [0.2, 0.25) is 0 Å². The Morgan fingerprint density at radius 2 is 1.88 bits per heavy atom. The van der Waals surface area contributed by atoms with E-state index in [1.165, 1.54) is 23.0 Å². The lowest BCUT2D eigenvalue weighted by Gasteiger charge is -2.25. The quantitative estimate of drug-likeness (QED) is 0.284. The Bertz CT molecular complexity index is 1440. The van der Waals surface area contributed by atoms with E-state index in [1.807, 2.05) is 29.0 Å². The van der Waals surface area contributed by atoms with Gasteiger partial charge in [0.15, 0.2) is 4.80 Å². The molecule has 0 saturated carbocycles. The summed E-state index contributed by atoms with van der Waals surface area (Å²) in [4.78, 5) is 21.7. The van der Waals surface area contributed by atoms with Crippen molar-refractivity contribution in [1.82, 2.24) is 9.47 Å². The van der Waals surface area contributed by atoms with Gasteiger partial charge in [-0.15, -0.1) is 11.3 Å². The molecule has 2 fully saturated rings. The van der Waals surface area contributed by atoms with E-state index in [9.17, 15) is 18.0 Å². The molecule has 2 aliphatic rings. The number of ether oxygens (including phenoxy) is 2. The molecule has 10 heteroatoms. The fourth-order valence-electron chi connectivity index (χ4n) is 5.39. The summed E-state index contributed by atoms with van der Waals surface area (Å²) >= 11 is 1.37. The largest absolute Gasteiger partial charge is 0.491 e. The third-order valence-corrected chi connectivity index (χ3v) is 9.22. The molecule has 2 atom stereocenters. The summed E-state index contributed by atoms with van der Waals surface area (Å²) in [6.45, 7) is 9.39. The van der Waals surface area contributed by atoms with Gasteiger partial charge in [0, 0.05) is 30.3 Å². The third-order valence-electron chi connectivity index (χ3n) is 7.78. The number of nitrogens with zero attached hydrogens (tertiary/aromatic N) is 3. The Labute approximate surface area is 248 Å². The standard InChI is InChI=1S/C32H38F3N3O3S/c1-31(2,3)28-20-38(19-25-12-8-16-40-25)30(42-28)36-29(39)26-17-23(32(33,34)35)13-14-27(26)41-21-24-11-7-15-37(24)18-22-9-5-4-6-10-22/h4-6,9-10,13-14,17,20,24-25H,7-8,11-12,15-16,18-19,21H2,1-3H3/b36-30-/t24-,25+/m0/s1. The number of hydrogen-bond acceptors (Lipinski definition) is 5. The summed E-state index contributed by atoms with van der Waals surface area (Å²) in [5.74, 6) is -0.645. The second kappa shape index (κ2) is 12.7. The molecular weight excluding hydrogens is 563 g/mol. The number of benzene rings is 2. The average molecular weight is 602 g/mol. The second-order valence-corrected chi connectivity index (χ2v) is 13.1. The van der Waals surface area contributed by atoms with Crippen molar-refractivity contribution in [3.8, 4) is 5.75 Å². The lowest BCUT2D eigenvalue weighted by Crippen LogP contribution is -2.33. The Balaban J connectivity index is 1.42. The summed E-state index contributed by atoms with van der Waals surface area (Å²) in [6.07, 6.45) is 1.19. The van der Waals surface area contributed by atoms with Crippen molar-refractivity contribution in [2.24, 2.45) is 4.99 Å². The number of amides is 1. The van der Waals surface area contributed by atoms with Gasteiger partial charge in [0.05, 0.1) is 23.8 Å². The number of alkyl halides is 3. The number of likely N-dealkylation sites (tertiary alicyclic amines) is 1. The van der Waals surface area contributed by atoms with Gasteiger partial charge < -0.3 is 14.0 Å². The first-order valence-electron chi connectivity index (χ1n) is 14.5. The van der Waals surface area contributed by atoms with E-state index in [0.29, 0.717) is 18.0 Å². The van der Waals surface area contributed by atoms with Gasteiger partial charge in [0.2, 0.25) is 0 Å². The van der Waals surface area contributed by atoms with Crippen LogP contribution >= 0.6 is 11.3 Å². The maximum absolute atomic E-state index is 13.7. The molecule has 226 valence electrons. The Kier molecular flexibility index (Phi) is 9.25. The van der Waals surface area contributed by atoms with Crippen LogP contribution in [0.15, 0.2) is 59.7 Å². The highest BCUT2D eigenvalue weighted by molar-refractivity contribution is 7.09. The molecule has 2 aromatic carbocycles. The van der Waals surface area contributed by atoms with Crippen molar-refractivity contribution < 1.29 is 27.4 Å². The van der Waals surface area contributed by atoms with Gasteiger partial charge in [0.1, 0.15) is 12.4 Å². The zero-order valence-electron chi connectivity index (χ0n) is 24.3. The SMILES string of the molecule is CC(C)(C)c1cn(C[C@H]2CCCO2)/c(=N/C(=O)c2cc(C(F)(F)F)ccc2OC[C@@H]2CCCN2Cc2ccccc2)s1. The minimum atomic E-state index is -4.60. The molecule has 3 heterocycles. The van der Waals surface area contributed by atoms with Crippen LogP contribution in [0.4, 0.5) is 13.2 Å². The van der Waals surface area contributed by atoms with E-state index in [-0.39, 0.29) is 35.5 Å². The number of halogens is 3. The first-order chi connectivity index (χ1) is 20.0. The highest BCUT2D eigenvalue weighted by Crippen LogP contribution is 2.34. The van der Waals surface area contributed by atoms with E-state index >= 15 is 0 Å². The Hall–Kier alpha value is -2.95. The molecule has 0 N–H and O–H groups in total. The monoisotopic (exact) mass is 601 g/mol. The molecule has 0 radical (unpaired) electrons. The molecule has 42 heavy (non-hydrogen) atoms. The number of hydrogen-bond donors (Lipinski definition) is 0. The highest BCUT2D eigenvalue weighted by Gasteiger charge is 2.33. The summed E-state index contributed by atoms with van der Waals surface area (Å²) in [6, 6.07) is 13.3. The van der Waals surface area contributed by atoms with Crippen LogP contribution < -0.4 is 9.54 Å². The van der Waals surface area contributed by atoms with Gasteiger partial charge in [-0.2, -0.15) is 18.2 Å². The van der Waals surface area contributed by atoms with Crippen LogP contribution in [-0.2, 0) is 29.4 Å². The zero-order chi connectivity index (χ0) is 29.9. The molecule has 2 saturated heterocycles. The molecule has 2 aliphatic heterocycles. The van der Waals surface area contributed by atoms with Crippen molar-refractivity contribution in [1.29, 1.82) is 0 Å². The van der Waals surface area contributed by atoms with Crippen LogP contribution in [0.3, 0.4) is 0 Å². The molecule has 1 aromatic heterocycles. The Morgan fingerprint density at radius 3 is 2.57 bits per heavy atom. The van der Waals surface area contributed by atoms with Gasteiger partial charge in [-0.1, -0.05) is 51.1 Å². The van der Waals surface area contributed by atoms with Gasteiger partial charge in [-0.05, 0) is 61.4 Å². The van der Waals surface area contributed by atoms with Crippen LogP contribution in [-0.4, -0.2) is 47.3 Å². The fourth-order valence-corrected chi connectivity index (χ4v) is 6.45. The highest BCUT2D eigenvalue weighted by atomic mass is 32.1. The summed E-state index contributed by atoms with van der Waals surface area (Å²) in [5, 5.41) is 0. The number of thiazole rings is 1. The zero-order valence-corrected chi connectivity index (χ0v) is 25.1. The molecular formula is C32H38F3N3O3S. The predicted octanol–water partition coefficient (Wildman–Crippen LogP) is 6.83. The molecule has 0 bridgehead atoms. The summed E-state index contributed by atoms with van der Waals surface area (Å²) < 4.78 is 54.9. The molecule has 0 spiro atoms. The topological polar surface area (TPSA) is 56.1 Å². The van der Waals surface area contributed by atoms with Crippen LogP contribution in [0.5, 0.6) is 5.75 Å². The average Bonchev–Trinajstić information content (AvgIpc) is 3.70. The van der Waals surface area contributed by atoms with Crippen molar-refractivity contribution in [3.05, 3.63) is 81.1 Å². The second-order valence-electron chi connectivity index (χ2n) is 12.1. The van der Waals surface area contributed by atoms with Crippen molar-refractivity contribution in [2.45, 2.75) is 83.3 Å². The molecule has 0 unspecified atom stereocenters. The number of rotatable bonds is 8. The van der Waals surface area contributed by atoms with E-state index in [2.05, 4.69) is 42.8 Å². The van der Waals surface area contributed by atoms with Gasteiger partial charge in [0.25, 0.3) is 5.91 Å². The van der Waals surface area contributed by atoms with Gasteiger partial charge in [-0.3, -0.25) is 9.69 Å². The molecule has 5 rings (SSSR count). The summed E-state index contributed by atoms with van der Waals surface area (Å²) in [7, 11) is 0. The minimum Gasteiger partial charge on any atom is -0.491 e. The normalized spacial score (nSPS) is 20.4. The number of carbonyl (C=O) groups is 1. The van der Waals surface area contributed by atoms with Crippen molar-refractivity contribution in [3.63, 3.8) is 0 Å². The Morgan fingerprint density at radius 1 is 1.10 bits per heavy atom. The lowest BCUT2D eigenvalue weighted by atomic mass is 9.95. The first-order valence-corrected chi connectivity index (χ1v) is 15.3. The van der Waals surface area contributed by atoms with Crippen molar-refractivity contribution in [2.75, 3.05) is 19.8 Å². The lowest BCUT2D eigenvalue weighted by molar-refractivity contribution is -0.137. The fraction of sp³-hybridized carbons (Fsp3) is 0.500. The molecule has 6 nitrogen and oxygen atoms in total. The third kappa shape index (κ3) is 7.51. The molecule has 3 aromatic rings. The van der Waals surface area contributed by atoms with Gasteiger partial charge in [-0.25, -0.2) is 0 Å². The first kappa shape index (κ1) is 30.5. The number of carbonyl (C=O) groups excluding carboxylic acids is 1. The van der Waals surface area contributed by atoms with Crippen LogP contribution in [0.25, 0.3) is 0 Å². The van der Waals surface area contributed by atoms with Crippen molar-refractivity contribution >= 4 is 17.2 Å². The van der Waals surface area contributed by atoms with E-state index in [4.69, 9.17) is 9.47 Å². The van der Waals surface area contributed by atoms with E-state index in [0.717, 1.165) is 55.8 Å². The van der Waals surface area contributed by atoms with Crippen LogP contribution in [0, 0.1) is 0 Å². The smallest absolute Gasteiger partial charge is 0.416 e. The molecule has 1 amide bonds. The summed E-state index contributed by atoms with van der Waals surface area (Å²) in [5.41, 5.74) is -0.0898. The van der Waals surface area contributed by atoms with E-state index in [1.54, 1.807) is 0 Å².